The molecule has 5 nitrogen and oxygen atoms in total. The van der Waals surface area contributed by atoms with Gasteiger partial charge in [-0.2, -0.15) is 5.10 Å². The van der Waals surface area contributed by atoms with E-state index in [0.29, 0.717) is 6.54 Å². The highest BCUT2D eigenvalue weighted by Crippen LogP contribution is 2.28. The molecule has 2 atom stereocenters. The van der Waals surface area contributed by atoms with Gasteiger partial charge in [0.2, 0.25) is 0 Å². The fourth-order valence-corrected chi connectivity index (χ4v) is 2.89. The highest BCUT2D eigenvalue weighted by Gasteiger charge is 2.30. The number of hydrogen-bond donors (Lipinski definition) is 2. The van der Waals surface area contributed by atoms with Crippen molar-refractivity contribution >= 4 is 11.3 Å². The zero-order valence-corrected chi connectivity index (χ0v) is 14.4. The van der Waals surface area contributed by atoms with Crippen molar-refractivity contribution < 1.29 is 5.11 Å². The van der Waals surface area contributed by atoms with Gasteiger partial charge in [-0.15, -0.1) is 0 Å². The molecule has 2 unspecified atom stereocenters. The molecule has 0 amide bonds. The maximum absolute atomic E-state index is 10.4. The van der Waals surface area contributed by atoms with Crippen LogP contribution in [0.4, 0.5) is 5.82 Å². The first-order chi connectivity index (χ1) is 11.5. The average molecular weight is 324 g/mol. The van der Waals surface area contributed by atoms with Gasteiger partial charge >= 0.3 is 0 Å². The summed E-state index contributed by atoms with van der Waals surface area (Å²) < 4.78 is 1.82. The maximum atomic E-state index is 10.4. The van der Waals surface area contributed by atoms with Gasteiger partial charge in [0.05, 0.1) is 11.8 Å². The zero-order valence-electron chi connectivity index (χ0n) is 14.4. The van der Waals surface area contributed by atoms with E-state index in [4.69, 9.17) is 0 Å². The lowest BCUT2D eigenvalue weighted by Gasteiger charge is -2.33. The van der Waals surface area contributed by atoms with E-state index in [1.807, 2.05) is 48.8 Å². The lowest BCUT2D eigenvalue weighted by Crippen LogP contribution is -2.39. The molecule has 0 saturated carbocycles. The normalized spacial score (nSPS) is 15.2. The van der Waals surface area contributed by atoms with Crippen LogP contribution in [-0.4, -0.2) is 32.4 Å². The number of hydrogen-bond acceptors (Lipinski definition) is 4. The van der Waals surface area contributed by atoms with Gasteiger partial charge in [-0.3, -0.25) is 0 Å². The van der Waals surface area contributed by atoms with Crippen LogP contribution in [0.3, 0.4) is 0 Å². The first kappa shape index (κ1) is 16.5. The Bertz CT molecular complexity index is 813. The van der Waals surface area contributed by atoms with Gasteiger partial charge < -0.3 is 10.4 Å². The van der Waals surface area contributed by atoms with Crippen molar-refractivity contribution in [3.8, 4) is 0 Å². The summed E-state index contributed by atoms with van der Waals surface area (Å²) >= 11 is 0. The van der Waals surface area contributed by atoms with Crippen LogP contribution in [0.15, 0.2) is 48.8 Å². The van der Waals surface area contributed by atoms with Crippen molar-refractivity contribution in [1.82, 2.24) is 14.6 Å². The monoisotopic (exact) mass is 324 g/mol. The summed E-state index contributed by atoms with van der Waals surface area (Å²) in [6.07, 6.45) is 3.92. The van der Waals surface area contributed by atoms with Crippen molar-refractivity contribution in [3.63, 3.8) is 0 Å². The van der Waals surface area contributed by atoms with Crippen molar-refractivity contribution in [2.24, 2.45) is 5.41 Å². The minimum absolute atomic E-state index is 0.301. The summed E-state index contributed by atoms with van der Waals surface area (Å²) in [6.45, 7) is 6.53. The van der Waals surface area contributed by atoms with E-state index in [1.54, 1.807) is 6.20 Å². The number of aryl methyl sites for hydroxylation is 1. The Labute approximate surface area is 142 Å². The molecule has 2 aromatic heterocycles. The molecule has 0 bridgehead atoms. The molecule has 126 valence electrons. The van der Waals surface area contributed by atoms with Crippen molar-refractivity contribution in [3.05, 3.63) is 60.0 Å². The Morgan fingerprint density at radius 3 is 2.75 bits per heavy atom. The van der Waals surface area contributed by atoms with Gasteiger partial charge in [0.1, 0.15) is 5.52 Å². The van der Waals surface area contributed by atoms with Gasteiger partial charge in [-0.05, 0) is 31.9 Å². The summed E-state index contributed by atoms with van der Waals surface area (Å²) in [5.41, 5.74) is 2.82. The van der Waals surface area contributed by atoms with Crippen molar-refractivity contribution in [1.29, 1.82) is 0 Å². The van der Waals surface area contributed by atoms with Crippen LogP contribution < -0.4 is 5.32 Å². The largest absolute Gasteiger partial charge is 0.393 e. The molecule has 24 heavy (non-hydrogen) atoms. The molecule has 0 saturated heterocycles. The number of aliphatic hydroxyl groups excluding tert-OH is 1. The Hall–Kier alpha value is -2.40. The lowest BCUT2D eigenvalue weighted by molar-refractivity contribution is 0.0619. The number of nitrogens with one attached hydrogen (secondary N) is 1. The number of anilines is 1. The zero-order chi connectivity index (χ0) is 17.2. The van der Waals surface area contributed by atoms with E-state index in [-0.39, 0.29) is 5.41 Å². The molecule has 3 aromatic rings. The van der Waals surface area contributed by atoms with E-state index in [0.717, 1.165) is 23.4 Å². The molecule has 0 aliphatic rings. The lowest BCUT2D eigenvalue weighted by atomic mass is 9.79. The molecular weight excluding hydrogens is 300 g/mol. The summed E-state index contributed by atoms with van der Waals surface area (Å²) in [4.78, 5) is 4.44. The number of rotatable bonds is 6. The molecule has 0 radical (unpaired) electrons. The fourth-order valence-electron chi connectivity index (χ4n) is 2.89. The van der Waals surface area contributed by atoms with Gasteiger partial charge in [-0.1, -0.05) is 37.3 Å². The van der Waals surface area contributed by atoms with E-state index < -0.39 is 6.10 Å². The minimum atomic E-state index is -0.448. The highest BCUT2D eigenvalue weighted by atomic mass is 16.3. The molecule has 0 fully saturated rings. The predicted molar refractivity (Wildman–Crippen MR) is 96.1 cm³/mol. The molecule has 3 rings (SSSR count). The fraction of sp³-hybridized carbons (Fsp3) is 0.368. The molecule has 2 N–H and O–H groups in total. The third-order valence-corrected chi connectivity index (χ3v) is 4.63. The maximum Gasteiger partial charge on any atom is 0.152 e. The molecule has 5 heteroatoms. The number of benzene rings is 1. The number of nitrogens with zero attached hydrogens (tertiary/aromatic N) is 3. The third-order valence-electron chi connectivity index (χ3n) is 4.63. The SMILES string of the molecule is Cc1cc2c(NCC(C)(Cc3ccccc3)C(C)O)nccn2n1. The van der Waals surface area contributed by atoms with Crippen molar-refractivity contribution in [2.45, 2.75) is 33.3 Å². The molecule has 0 aliphatic carbocycles. The smallest absolute Gasteiger partial charge is 0.152 e. The van der Waals surface area contributed by atoms with Gasteiger partial charge in [0, 0.05) is 24.4 Å². The van der Waals surface area contributed by atoms with Gasteiger partial charge in [0.25, 0.3) is 0 Å². The quantitative estimate of drug-likeness (QED) is 0.731. The second-order valence-electron chi connectivity index (χ2n) is 6.74. The standard InChI is InChI=1S/C19H24N4O/c1-14-11-17-18(20-9-10-23(17)22-14)21-13-19(3,15(2)24)12-16-7-5-4-6-8-16/h4-11,15,24H,12-13H2,1-3H3,(H,20,21). The van der Waals surface area contributed by atoms with Crippen LogP contribution in [0.25, 0.3) is 5.52 Å². The van der Waals surface area contributed by atoms with Crippen LogP contribution in [-0.2, 0) is 6.42 Å². The van der Waals surface area contributed by atoms with Crippen LogP contribution in [0.2, 0.25) is 0 Å². The number of aromatic nitrogens is 3. The van der Waals surface area contributed by atoms with Gasteiger partial charge in [0.15, 0.2) is 5.82 Å². The average Bonchev–Trinajstić information content (AvgIpc) is 2.94. The van der Waals surface area contributed by atoms with E-state index in [9.17, 15) is 5.11 Å². The summed E-state index contributed by atoms with van der Waals surface area (Å²) in [5, 5.41) is 18.2. The third kappa shape index (κ3) is 3.41. The molecule has 0 aliphatic heterocycles. The van der Waals surface area contributed by atoms with Crippen LogP contribution >= 0.6 is 0 Å². The molecule has 1 aromatic carbocycles. The summed E-state index contributed by atoms with van der Waals surface area (Å²) in [6, 6.07) is 12.3. The molecular formula is C19H24N4O. The Kier molecular flexibility index (Phi) is 4.53. The van der Waals surface area contributed by atoms with Crippen LogP contribution in [0.1, 0.15) is 25.1 Å². The van der Waals surface area contributed by atoms with Gasteiger partial charge in [-0.25, -0.2) is 9.50 Å². The Morgan fingerprint density at radius 2 is 2.04 bits per heavy atom. The Morgan fingerprint density at radius 1 is 1.29 bits per heavy atom. The topological polar surface area (TPSA) is 62.5 Å². The first-order valence-electron chi connectivity index (χ1n) is 8.25. The minimum Gasteiger partial charge on any atom is -0.393 e. The van der Waals surface area contributed by atoms with E-state index in [1.165, 1.54) is 5.56 Å². The highest BCUT2D eigenvalue weighted by molar-refractivity contribution is 5.67. The molecule has 2 heterocycles. The van der Waals surface area contributed by atoms with Crippen molar-refractivity contribution in [2.75, 3.05) is 11.9 Å². The first-order valence-corrected chi connectivity index (χ1v) is 8.25. The second-order valence-corrected chi connectivity index (χ2v) is 6.74. The van der Waals surface area contributed by atoms with Crippen LogP contribution in [0.5, 0.6) is 0 Å². The molecule has 0 spiro atoms. The van der Waals surface area contributed by atoms with E-state index in [2.05, 4.69) is 34.5 Å². The summed E-state index contributed by atoms with van der Waals surface area (Å²) in [5.74, 6) is 0.790. The van der Waals surface area contributed by atoms with Crippen LogP contribution in [0, 0.1) is 12.3 Å². The second kappa shape index (κ2) is 6.61. The number of aliphatic hydroxyl groups is 1. The van der Waals surface area contributed by atoms with E-state index >= 15 is 0 Å². The summed E-state index contributed by atoms with van der Waals surface area (Å²) in [7, 11) is 0. The predicted octanol–water partition coefficient (Wildman–Crippen LogP) is 3.08. The Balaban J connectivity index is 1.80. The number of fused-ring (bicyclic) bond motifs is 1.